The van der Waals surface area contributed by atoms with E-state index in [4.69, 9.17) is 21.4 Å². The second-order valence-electron chi connectivity index (χ2n) is 5.77. The summed E-state index contributed by atoms with van der Waals surface area (Å²) >= 11 is 7.03. The van der Waals surface area contributed by atoms with Crippen molar-refractivity contribution in [1.29, 1.82) is 0 Å². The molecule has 1 heterocycles. The number of carboxylic acid groups (broad SMARTS) is 1. The first-order valence-electron chi connectivity index (χ1n) is 8.02. The molecular weight excluding hydrogens is 386 g/mol. The number of rotatable bonds is 6. The summed E-state index contributed by atoms with van der Waals surface area (Å²) in [5.74, 6) is -0.372. The Kier molecular flexibility index (Phi) is 5.78. The van der Waals surface area contributed by atoms with Crippen LogP contribution in [0.15, 0.2) is 53.3 Å². The molecule has 1 aromatic heterocycles. The zero-order chi connectivity index (χ0) is 19.4. The number of ether oxygens (including phenoxy) is 1. The topological polar surface area (TPSA) is 68.5 Å². The number of benzene rings is 2. The van der Waals surface area contributed by atoms with Crippen molar-refractivity contribution in [3.8, 4) is 5.75 Å². The van der Waals surface area contributed by atoms with E-state index in [1.807, 2.05) is 48.5 Å². The maximum absolute atomic E-state index is 12.3. The summed E-state index contributed by atoms with van der Waals surface area (Å²) < 4.78 is 7.74. The van der Waals surface area contributed by atoms with Crippen molar-refractivity contribution in [3.63, 3.8) is 0 Å². The van der Waals surface area contributed by atoms with Crippen LogP contribution in [0.25, 0.3) is 12.7 Å². The van der Waals surface area contributed by atoms with Crippen LogP contribution in [-0.4, -0.2) is 15.6 Å². The van der Waals surface area contributed by atoms with E-state index in [-0.39, 0.29) is 12.1 Å². The highest BCUT2D eigenvalue weighted by molar-refractivity contribution is 7.07. The lowest BCUT2D eigenvalue weighted by atomic mass is 10.2. The van der Waals surface area contributed by atoms with Crippen LogP contribution in [-0.2, 0) is 17.9 Å². The number of nitrogens with zero attached hydrogens (tertiary/aromatic N) is 1. The minimum atomic E-state index is -1.08. The van der Waals surface area contributed by atoms with E-state index in [0.717, 1.165) is 15.7 Å². The van der Waals surface area contributed by atoms with Gasteiger partial charge < -0.3 is 9.84 Å². The van der Waals surface area contributed by atoms with Crippen molar-refractivity contribution in [2.75, 3.05) is 0 Å². The highest BCUT2D eigenvalue weighted by atomic mass is 35.5. The fourth-order valence-corrected chi connectivity index (χ4v) is 3.45. The maximum atomic E-state index is 12.3. The van der Waals surface area contributed by atoms with E-state index >= 15 is 0 Å². The largest absolute Gasteiger partial charge is 0.489 e. The number of halogens is 1. The van der Waals surface area contributed by atoms with Crippen molar-refractivity contribution < 1.29 is 14.6 Å². The molecule has 27 heavy (non-hydrogen) atoms. The van der Waals surface area contributed by atoms with Gasteiger partial charge >= 0.3 is 5.97 Å². The van der Waals surface area contributed by atoms with Crippen LogP contribution in [0.1, 0.15) is 11.1 Å². The average molecular weight is 402 g/mol. The van der Waals surface area contributed by atoms with Crippen LogP contribution in [0.5, 0.6) is 5.75 Å². The minimum Gasteiger partial charge on any atom is -0.489 e. The third-order valence-corrected chi connectivity index (χ3v) is 5.00. The fourth-order valence-electron chi connectivity index (χ4n) is 2.42. The molecule has 0 aliphatic heterocycles. The van der Waals surface area contributed by atoms with E-state index < -0.39 is 5.97 Å². The van der Waals surface area contributed by atoms with Gasteiger partial charge in [0.05, 0.1) is 9.20 Å². The Labute approximate surface area is 164 Å². The van der Waals surface area contributed by atoms with Crippen molar-refractivity contribution in [2.24, 2.45) is 0 Å². The summed E-state index contributed by atoms with van der Waals surface area (Å²) in [6, 6.07) is 14.7. The smallest absolute Gasteiger partial charge is 0.323 e. The van der Waals surface area contributed by atoms with Crippen molar-refractivity contribution in [3.05, 3.63) is 84.2 Å². The molecular formula is C20H16ClNO4S. The molecule has 5 nitrogen and oxygen atoms in total. The third-order valence-electron chi connectivity index (χ3n) is 3.77. The summed E-state index contributed by atoms with van der Waals surface area (Å²) in [4.78, 5) is 23.1. The number of aromatic nitrogens is 1. The minimum absolute atomic E-state index is 0.351. The quantitative estimate of drug-likeness (QED) is 0.689. The Morgan fingerprint density at radius 3 is 2.48 bits per heavy atom. The van der Waals surface area contributed by atoms with Crippen LogP contribution < -0.4 is 19.5 Å². The molecule has 0 unspecified atom stereocenters. The fraction of sp³-hybridized carbons (Fsp3) is 0.100. The first-order valence-corrected chi connectivity index (χ1v) is 9.21. The van der Waals surface area contributed by atoms with Gasteiger partial charge in [-0.3, -0.25) is 14.2 Å². The van der Waals surface area contributed by atoms with Crippen molar-refractivity contribution >= 4 is 41.6 Å². The summed E-state index contributed by atoms with van der Waals surface area (Å²) in [5, 5.41) is 9.56. The first-order chi connectivity index (χ1) is 12.9. The van der Waals surface area contributed by atoms with E-state index in [0.29, 0.717) is 26.6 Å². The van der Waals surface area contributed by atoms with Gasteiger partial charge in [0.25, 0.3) is 5.56 Å². The van der Waals surface area contributed by atoms with E-state index in [1.165, 1.54) is 11.3 Å². The van der Waals surface area contributed by atoms with Gasteiger partial charge in [0.2, 0.25) is 0 Å². The van der Waals surface area contributed by atoms with E-state index in [9.17, 15) is 9.59 Å². The molecule has 138 valence electrons. The van der Waals surface area contributed by atoms with Crippen molar-refractivity contribution in [1.82, 2.24) is 4.57 Å². The van der Waals surface area contributed by atoms with Gasteiger partial charge in [-0.25, -0.2) is 0 Å². The summed E-state index contributed by atoms with van der Waals surface area (Å²) in [5.41, 5.74) is 1.47. The van der Waals surface area contributed by atoms with Crippen molar-refractivity contribution in [2.45, 2.75) is 13.2 Å². The third kappa shape index (κ3) is 4.87. The lowest BCUT2D eigenvalue weighted by molar-refractivity contribution is -0.137. The molecule has 3 rings (SSSR count). The Hall–Kier alpha value is -2.83. The Morgan fingerprint density at radius 1 is 1.19 bits per heavy atom. The van der Waals surface area contributed by atoms with Crippen LogP contribution in [0.4, 0.5) is 0 Å². The Morgan fingerprint density at radius 2 is 1.85 bits per heavy atom. The molecule has 0 aliphatic rings. The van der Waals surface area contributed by atoms with Gasteiger partial charge in [-0.1, -0.05) is 42.4 Å². The molecule has 0 atom stereocenters. The summed E-state index contributed by atoms with van der Waals surface area (Å²) in [7, 11) is 0. The second kappa shape index (κ2) is 8.24. The highest BCUT2D eigenvalue weighted by Gasteiger charge is 2.07. The van der Waals surface area contributed by atoms with Gasteiger partial charge in [-0.05, 0) is 41.5 Å². The van der Waals surface area contributed by atoms with Crippen LogP contribution in [0, 0.1) is 0 Å². The predicted octanol–water partition coefficient (Wildman–Crippen LogP) is 2.47. The van der Waals surface area contributed by atoms with E-state index in [1.54, 1.807) is 6.08 Å². The Balaban J connectivity index is 1.75. The number of hydrogen-bond donors (Lipinski definition) is 1. The van der Waals surface area contributed by atoms with Gasteiger partial charge in [-0.15, -0.1) is 11.3 Å². The molecule has 0 saturated carbocycles. The van der Waals surface area contributed by atoms with E-state index in [2.05, 4.69) is 6.58 Å². The molecule has 0 saturated heterocycles. The second-order valence-corrected chi connectivity index (χ2v) is 7.33. The van der Waals surface area contributed by atoms with Crippen LogP contribution in [0.2, 0.25) is 5.02 Å². The summed E-state index contributed by atoms with van der Waals surface area (Å²) in [6.07, 6.45) is 1.71. The standard InChI is InChI=1S/C20H16ClNO4S/c1-13-22(11-19(23)24)20(25)18(27-13)10-14-4-8-17(9-5-14)26-12-15-2-6-16(21)7-3-15/h2-10H,1,11-12H2,(H,23,24)/b18-10-. The van der Waals surface area contributed by atoms with Gasteiger partial charge in [0.1, 0.15) is 18.9 Å². The SMILES string of the molecule is C=c1s/c(=C\c2ccc(OCc3ccc(Cl)cc3)cc2)c(=O)n1CC(=O)O. The van der Waals surface area contributed by atoms with Gasteiger partial charge in [0.15, 0.2) is 0 Å². The molecule has 0 radical (unpaired) electrons. The van der Waals surface area contributed by atoms with Crippen LogP contribution in [0.3, 0.4) is 0 Å². The number of thiazole rings is 1. The first kappa shape index (κ1) is 18.9. The molecule has 0 amide bonds. The average Bonchev–Trinajstić information content (AvgIpc) is 2.89. The highest BCUT2D eigenvalue weighted by Crippen LogP contribution is 2.16. The molecule has 0 aliphatic carbocycles. The number of carboxylic acids is 1. The zero-order valence-electron chi connectivity index (χ0n) is 14.2. The molecule has 1 N–H and O–H groups in total. The predicted molar refractivity (Wildman–Crippen MR) is 107 cm³/mol. The molecule has 0 fully saturated rings. The molecule has 3 aromatic rings. The maximum Gasteiger partial charge on any atom is 0.323 e. The lowest BCUT2D eigenvalue weighted by Crippen LogP contribution is -2.33. The number of carbonyl (C=O) groups is 1. The monoisotopic (exact) mass is 401 g/mol. The number of aliphatic carboxylic acids is 1. The molecule has 2 aromatic carbocycles. The molecule has 0 spiro atoms. The molecule has 0 bridgehead atoms. The van der Waals surface area contributed by atoms with Gasteiger partial charge in [0, 0.05) is 5.02 Å². The Bertz CT molecular complexity index is 1110. The normalized spacial score (nSPS) is 11.5. The number of hydrogen-bond acceptors (Lipinski definition) is 4. The summed E-state index contributed by atoms with van der Waals surface area (Å²) in [6.45, 7) is 3.78. The van der Waals surface area contributed by atoms with Crippen LogP contribution >= 0.6 is 22.9 Å². The van der Waals surface area contributed by atoms with Gasteiger partial charge in [-0.2, -0.15) is 0 Å². The lowest BCUT2D eigenvalue weighted by Gasteiger charge is -2.06. The molecule has 7 heteroatoms. The zero-order valence-corrected chi connectivity index (χ0v) is 15.8.